The van der Waals surface area contributed by atoms with Crippen LogP contribution in [0, 0.1) is 0 Å². The van der Waals surface area contributed by atoms with Gasteiger partial charge in [0.05, 0.1) is 16.8 Å². The molecular weight excluding hydrogens is 552 g/mol. The molecular formula is C41H28N2O2. The van der Waals surface area contributed by atoms with Crippen molar-refractivity contribution < 1.29 is 9.47 Å². The summed E-state index contributed by atoms with van der Waals surface area (Å²) < 4.78 is 13.2. The quantitative estimate of drug-likeness (QED) is 0.208. The van der Waals surface area contributed by atoms with Gasteiger partial charge in [0, 0.05) is 16.4 Å². The minimum absolute atomic E-state index is 0.142. The molecule has 0 spiro atoms. The van der Waals surface area contributed by atoms with E-state index in [2.05, 4.69) is 105 Å². The van der Waals surface area contributed by atoms with Gasteiger partial charge in [0.1, 0.15) is 0 Å². The van der Waals surface area contributed by atoms with E-state index in [0.717, 1.165) is 33.3 Å². The Balaban J connectivity index is 1.15. The van der Waals surface area contributed by atoms with Gasteiger partial charge < -0.3 is 9.47 Å². The van der Waals surface area contributed by atoms with E-state index in [1.807, 2.05) is 42.5 Å². The Bertz CT molecular complexity index is 2290. The predicted octanol–water partition coefficient (Wildman–Crippen LogP) is 10.8. The molecule has 6 aromatic carbocycles. The summed E-state index contributed by atoms with van der Waals surface area (Å²) in [5.41, 5.74) is 10.8. The van der Waals surface area contributed by atoms with Crippen LogP contribution in [0.4, 0.5) is 0 Å². The van der Waals surface area contributed by atoms with E-state index >= 15 is 0 Å². The highest BCUT2D eigenvalue weighted by Gasteiger charge is 2.37. The lowest BCUT2D eigenvalue weighted by molar-refractivity contribution is 0.360. The van der Waals surface area contributed by atoms with Gasteiger partial charge in [0.15, 0.2) is 28.8 Å². The minimum Gasteiger partial charge on any atom is -0.449 e. The van der Waals surface area contributed by atoms with Crippen molar-refractivity contribution >= 4 is 10.9 Å². The van der Waals surface area contributed by atoms with Gasteiger partial charge in [-0.1, -0.05) is 117 Å². The molecule has 0 atom stereocenters. The van der Waals surface area contributed by atoms with Crippen molar-refractivity contribution in [3.63, 3.8) is 0 Å². The van der Waals surface area contributed by atoms with Crippen molar-refractivity contribution in [1.29, 1.82) is 0 Å². The monoisotopic (exact) mass is 580 g/mol. The lowest BCUT2D eigenvalue weighted by Crippen LogP contribution is -2.15. The molecule has 4 heteroatoms. The molecule has 214 valence electrons. The van der Waals surface area contributed by atoms with Gasteiger partial charge in [-0.2, -0.15) is 0 Å². The fraction of sp³-hybridized carbons (Fsp3) is 0.0732. The molecule has 0 unspecified atom stereocenters. The zero-order valence-electron chi connectivity index (χ0n) is 24.9. The van der Waals surface area contributed by atoms with Crippen LogP contribution >= 0.6 is 0 Å². The molecule has 1 aromatic heterocycles. The van der Waals surface area contributed by atoms with Gasteiger partial charge in [0.2, 0.25) is 0 Å². The summed E-state index contributed by atoms with van der Waals surface area (Å²) >= 11 is 0. The van der Waals surface area contributed by atoms with E-state index in [1.165, 1.54) is 27.8 Å². The maximum atomic E-state index is 6.70. The molecule has 0 fully saturated rings. The topological polar surface area (TPSA) is 44.2 Å². The molecule has 1 aliphatic carbocycles. The Hall–Kier alpha value is -5.74. The zero-order valence-corrected chi connectivity index (χ0v) is 24.9. The first kappa shape index (κ1) is 25.7. The predicted molar refractivity (Wildman–Crippen MR) is 180 cm³/mol. The van der Waals surface area contributed by atoms with Gasteiger partial charge in [-0.05, 0) is 63.7 Å². The van der Waals surface area contributed by atoms with Crippen molar-refractivity contribution in [2.75, 3.05) is 0 Å². The summed E-state index contributed by atoms with van der Waals surface area (Å²) in [5.74, 6) is 3.28. The first-order valence-corrected chi connectivity index (χ1v) is 15.2. The van der Waals surface area contributed by atoms with E-state index in [4.69, 9.17) is 19.4 Å². The summed E-state index contributed by atoms with van der Waals surface area (Å²) in [6.07, 6.45) is 0. The van der Waals surface area contributed by atoms with Crippen LogP contribution in [0.25, 0.3) is 55.8 Å². The molecule has 0 saturated carbocycles. The molecule has 7 aromatic rings. The molecule has 9 rings (SSSR count). The highest BCUT2D eigenvalue weighted by atomic mass is 16.6. The number of hydrogen-bond acceptors (Lipinski definition) is 4. The standard InChI is InChI=1S/C41H28N2O2/c1-41(2)32-16-8-6-13-28(32)31-23-36-37(24-33(31)41)45-39-30(15-10-18-35(39)44-36)40-42-34-17-9-7-14-29(34)38(43-40)27-21-19-26(20-22-27)25-11-4-3-5-12-25/h3-24H,1-2H3. The van der Waals surface area contributed by atoms with Crippen LogP contribution in [0.1, 0.15) is 25.0 Å². The number of ether oxygens (including phenoxy) is 2. The fourth-order valence-corrected chi connectivity index (χ4v) is 6.84. The summed E-state index contributed by atoms with van der Waals surface area (Å²) in [7, 11) is 0. The summed E-state index contributed by atoms with van der Waals surface area (Å²) in [6.45, 7) is 4.54. The molecule has 4 nitrogen and oxygen atoms in total. The van der Waals surface area contributed by atoms with Crippen molar-refractivity contribution in [1.82, 2.24) is 9.97 Å². The normalized spacial score (nSPS) is 13.6. The second kappa shape index (κ2) is 9.63. The van der Waals surface area contributed by atoms with E-state index in [0.29, 0.717) is 28.8 Å². The minimum atomic E-state index is -0.142. The number of aromatic nitrogens is 2. The molecule has 45 heavy (non-hydrogen) atoms. The van der Waals surface area contributed by atoms with Gasteiger partial charge in [0.25, 0.3) is 0 Å². The zero-order chi connectivity index (χ0) is 30.1. The van der Waals surface area contributed by atoms with Crippen LogP contribution in [0.5, 0.6) is 23.0 Å². The molecule has 1 aliphatic heterocycles. The summed E-state index contributed by atoms with van der Waals surface area (Å²) in [6, 6.07) is 45.9. The number of hydrogen-bond donors (Lipinski definition) is 0. The van der Waals surface area contributed by atoms with Crippen LogP contribution in [-0.4, -0.2) is 9.97 Å². The lowest BCUT2D eigenvalue weighted by atomic mass is 9.82. The Morgan fingerprint density at radius 1 is 0.489 bits per heavy atom. The number of fused-ring (bicyclic) bond motifs is 6. The first-order chi connectivity index (χ1) is 22.0. The van der Waals surface area contributed by atoms with Crippen LogP contribution < -0.4 is 9.47 Å². The summed E-state index contributed by atoms with van der Waals surface area (Å²) in [4.78, 5) is 10.2. The van der Waals surface area contributed by atoms with Gasteiger partial charge in [-0.15, -0.1) is 0 Å². The molecule has 0 N–H and O–H groups in total. The number of benzene rings is 6. The van der Waals surface area contributed by atoms with Crippen molar-refractivity contribution in [2.45, 2.75) is 19.3 Å². The third kappa shape index (κ3) is 3.99. The number of rotatable bonds is 3. The second-order valence-electron chi connectivity index (χ2n) is 12.2. The van der Waals surface area contributed by atoms with E-state index in [1.54, 1.807) is 0 Å². The Kier molecular flexibility index (Phi) is 5.51. The Morgan fingerprint density at radius 2 is 1.18 bits per heavy atom. The van der Waals surface area contributed by atoms with Crippen LogP contribution in [0.3, 0.4) is 0 Å². The number of nitrogens with zero attached hydrogens (tertiary/aromatic N) is 2. The van der Waals surface area contributed by atoms with Crippen molar-refractivity contribution in [3.8, 4) is 67.9 Å². The largest absolute Gasteiger partial charge is 0.449 e. The average molecular weight is 581 g/mol. The molecule has 0 saturated heterocycles. The lowest BCUT2D eigenvalue weighted by Gasteiger charge is -2.26. The molecule has 0 bridgehead atoms. The van der Waals surface area contributed by atoms with E-state index < -0.39 is 0 Å². The highest BCUT2D eigenvalue weighted by Crippen LogP contribution is 2.56. The summed E-state index contributed by atoms with van der Waals surface area (Å²) in [5, 5.41) is 0.999. The van der Waals surface area contributed by atoms with Crippen molar-refractivity contribution in [3.05, 3.63) is 145 Å². The SMILES string of the molecule is CC1(C)c2ccccc2-c2cc3c(cc21)Oc1c(cccc1-c1nc(-c2ccc(-c4ccccc4)cc2)c2ccccc2n1)O3. The average Bonchev–Trinajstić information content (AvgIpc) is 3.31. The maximum Gasteiger partial charge on any atom is 0.181 e. The van der Waals surface area contributed by atoms with Crippen LogP contribution in [-0.2, 0) is 5.41 Å². The third-order valence-corrected chi connectivity index (χ3v) is 9.17. The van der Waals surface area contributed by atoms with Crippen LogP contribution in [0.2, 0.25) is 0 Å². The van der Waals surface area contributed by atoms with Crippen LogP contribution in [0.15, 0.2) is 133 Å². The van der Waals surface area contributed by atoms with Gasteiger partial charge in [-0.3, -0.25) is 0 Å². The molecule has 0 radical (unpaired) electrons. The Morgan fingerprint density at radius 3 is 2.04 bits per heavy atom. The third-order valence-electron chi connectivity index (χ3n) is 9.17. The van der Waals surface area contributed by atoms with Gasteiger partial charge >= 0.3 is 0 Å². The smallest absolute Gasteiger partial charge is 0.181 e. The molecule has 2 aliphatic rings. The molecule has 2 heterocycles. The second-order valence-corrected chi connectivity index (χ2v) is 12.2. The fourth-order valence-electron chi connectivity index (χ4n) is 6.84. The number of para-hydroxylation sites is 2. The van der Waals surface area contributed by atoms with E-state index in [9.17, 15) is 0 Å². The van der Waals surface area contributed by atoms with Crippen molar-refractivity contribution in [2.24, 2.45) is 0 Å². The van der Waals surface area contributed by atoms with E-state index in [-0.39, 0.29) is 5.41 Å². The van der Waals surface area contributed by atoms with Gasteiger partial charge in [-0.25, -0.2) is 9.97 Å². The Labute approximate surface area is 261 Å². The maximum absolute atomic E-state index is 6.70. The molecule has 0 amide bonds. The highest BCUT2D eigenvalue weighted by molar-refractivity contribution is 5.94. The first-order valence-electron chi connectivity index (χ1n) is 15.2.